The lowest BCUT2D eigenvalue weighted by molar-refractivity contribution is -0.118. The highest BCUT2D eigenvalue weighted by atomic mass is 16.2. The Morgan fingerprint density at radius 2 is 2.11 bits per heavy atom. The molecule has 2 rings (SSSR count). The van der Waals surface area contributed by atoms with Crippen LogP contribution in [-0.2, 0) is 4.79 Å². The number of hydrogen-bond donors (Lipinski definition) is 1. The third kappa shape index (κ3) is 2.11. The summed E-state index contributed by atoms with van der Waals surface area (Å²) in [6, 6.07) is 5.31. The molecule has 2 heterocycles. The summed E-state index contributed by atoms with van der Waals surface area (Å²) >= 11 is 0. The molecule has 0 saturated heterocycles. The second-order valence-corrected chi connectivity index (χ2v) is 4.45. The molecule has 0 unspecified atom stereocenters. The van der Waals surface area contributed by atoms with E-state index in [0.717, 1.165) is 0 Å². The fraction of sp³-hybridized carbons (Fsp3) is 0.308. The largest absolute Gasteiger partial charge is 0.320 e. The minimum Gasteiger partial charge on any atom is -0.320 e. The molecule has 94 valence electrons. The number of carbonyl (C=O) groups is 1. The van der Waals surface area contributed by atoms with Gasteiger partial charge in [0.25, 0.3) is 5.56 Å². The molecule has 0 fully saturated rings. The van der Waals surface area contributed by atoms with Crippen LogP contribution >= 0.6 is 0 Å². The van der Waals surface area contributed by atoms with Crippen molar-refractivity contribution in [3.63, 3.8) is 0 Å². The SMILES string of the molecule is Cc1nc2ccccn2c(=O)c1NC(=O)C(C)C. The minimum absolute atomic E-state index is 0.180. The molecule has 0 radical (unpaired) electrons. The second-order valence-electron chi connectivity index (χ2n) is 4.45. The number of amides is 1. The van der Waals surface area contributed by atoms with Gasteiger partial charge in [0.1, 0.15) is 11.3 Å². The van der Waals surface area contributed by atoms with Crippen LogP contribution in [0.2, 0.25) is 0 Å². The molecule has 0 aliphatic heterocycles. The Bertz CT molecular complexity index is 659. The van der Waals surface area contributed by atoms with Crippen LogP contribution in [0.4, 0.5) is 5.69 Å². The van der Waals surface area contributed by atoms with Crippen LogP contribution in [0.3, 0.4) is 0 Å². The molecule has 1 amide bonds. The Hall–Kier alpha value is -2.17. The summed E-state index contributed by atoms with van der Waals surface area (Å²) in [6.07, 6.45) is 1.63. The first-order valence-electron chi connectivity index (χ1n) is 5.79. The van der Waals surface area contributed by atoms with E-state index in [1.165, 1.54) is 4.40 Å². The third-order valence-corrected chi connectivity index (χ3v) is 2.69. The summed E-state index contributed by atoms with van der Waals surface area (Å²) in [5.74, 6) is -0.367. The number of nitrogens with zero attached hydrogens (tertiary/aromatic N) is 2. The van der Waals surface area contributed by atoms with Gasteiger partial charge in [0.05, 0.1) is 5.69 Å². The van der Waals surface area contributed by atoms with Crippen molar-refractivity contribution in [1.29, 1.82) is 0 Å². The average Bonchev–Trinajstić information content (AvgIpc) is 2.34. The molecule has 0 saturated carbocycles. The van der Waals surface area contributed by atoms with Gasteiger partial charge >= 0.3 is 0 Å². The monoisotopic (exact) mass is 245 g/mol. The van der Waals surface area contributed by atoms with E-state index in [1.807, 2.05) is 6.07 Å². The Kier molecular flexibility index (Phi) is 3.14. The molecule has 0 spiro atoms. The molecule has 0 aliphatic carbocycles. The number of hydrogen-bond acceptors (Lipinski definition) is 3. The van der Waals surface area contributed by atoms with Crippen molar-refractivity contribution in [2.75, 3.05) is 5.32 Å². The molecule has 0 atom stereocenters. The highest BCUT2D eigenvalue weighted by Gasteiger charge is 2.14. The number of aromatic nitrogens is 2. The summed E-state index contributed by atoms with van der Waals surface area (Å²) in [5, 5.41) is 2.64. The van der Waals surface area contributed by atoms with Gasteiger partial charge < -0.3 is 5.32 Å². The molecule has 5 heteroatoms. The fourth-order valence-electron chi connectivity index (χ4n) is 1.61. The van der Waals surface area contributed by atoms with E-state index in [-0.39, 0.29) is 23.1 Å². The molecule has 1 N–H and O–H groups in total. The highest BCUT2D eigenvalue weighted by Crippen LogP contribution is 2.09. The normalized spacial score (nSPS) is 10.9. The van der Waals surface area contributed by atoms with Crippen molar-refractivity contribution >= 4 is 17.2 Å². The third-order valence-electron chi connectivity index (χ3n) is 2.69. The maximum absolute atomic E-state index is 12.2. The Balaban J connectivity index is 2.58. The summed E-state index contributed by atoms with van der Waals surface area (Å²) in [4.78, 5) is 28.2. The fourth-order valence-corrected chi connectivity index (χ4v) is 1.61. The number of fused-ring (bicyclic) bond motifs is 1. The van der Waals surface area contributed by atoms with E-state index >= 15 is 0 Å². The van der Waals surface area contributed by atoms with Crippen LogP contribution in [-0.4, -0.2) is 15.3 Å². The zero-order valence-electron chi connectivity index (χ0n) is 10.6. The van der Waals surface area contributed by atoms with E-state index in [1.54, 1.807) is 39.1 Å². The van der Waals surface area contributed by atoms with Crippen molar-refractivity contribution in [1.82, 2.24) is 9.38 Å². The van der Waals surface area contributed by atoms with Crippen LogP contribution in [0.5, 0.6) is 0 Å². The number of aryl methyl sites for hydroxylation is 1. The lowest BCUT2D eigenvalue weighted by Gasteiger charge is -2.10. The average molecular weight is 245 g/mol. The van der Waals surface area contributed by atoms with E-state index in [4.69, 9.17) is 0 Å². The molecular weight excluding hydrogens is 230 g/mol. The topological polar surface area (TPSA) is 63.5 Å². The first kappa shape index (κ1) is 12.3. The van der Waals surface area contributed by atoms with Gasteiger partial charge in [-0.1, -0.05) is 19.9 Å². The molecule has 0 bridgehead atoms. The zero-order chi connectivity index (χ0) is 13.3. The van der Waals surface area contributed by atoms with Crippen molar-refractivity contribution in [2.24, 2.45) is 5.92 Å². The minimum atomic E-state index is -0.257. The van der Waals surface area contributed by atoms with Gasteiger partial charge in [0.2, 0.25) is 5.91 Å². The Morgan fingerprint density at radius 1 is 1.39 bits per heavy atom. The molecule has 2 aromatic rings. The number of pyridine rings is 1. The van der Waals surface area contributed by atoms with Crippen molar-refractivity contribution in [3.8, 4) is 0 Å². The maximum Gasteiger partial charge on any atom is 0.281 e. The molecule has 2 aromatic heterocycles. The maximum atomic E-state index is 12.2. The molecular formula is C13H15N3O2. The summed E-state index contributed by atoms with van der Waals surface area (Å²) in [6.45, 7) is 5.26. The van der Waals surface area contributed by atoms with Gasteiger partial charge in [-0.25, -0.2) is 4.98 Å². The predicted molar refractivity (Wildman–Crippen MR) is 69.7 cm³/mol. The number of rotatable bonds is 2. The van der Waals surface area contributed by atoms with E-state index in [0.29, 0.717) is 11.3 Å². The lowest BCUT2D eigenvalue weighted by Crippen LogP contribution is -2.27. The van der Waals surface area contributed by atoms with Crippen molar-refractivity contribution in [3.05, 3.63) is 40.4 Å². The van der Waals surface area contributed by atoms with Crippen LogP contribution in [0.25, 0.3) is 5.65 Å². The Labute approximate surface area is 104 Å². The van der Waals surface area contributed by atoms with Gasteiger partial charge in [-0.2, -0.15) is 0 Å². The van der Waals surface area contributed by atoms with Crippen molar-refractivity contribution in [2.45, 2.75) is 20.8 Å². The predicted octanol–water partition coefficient (Wildman–Crippen LogP) is 1.60. The number of carbonyl (C=O) groups excluding carboxylic acids is 1. The zero-order valence-corrected chi connectivity index (χ0v) is 10.6. The molecule has 18 heavy (non-hydrogen) atoms. The van der Waals surface area contributed by atoms with E-state index in [9.17, 15) is 9.59 Å². The van der Waals surface area contributed by atoms with Gasteiger partial charge in [-0.3, -0.25) is 14.0 Å². The van der Waals surface area contributed by atoms with Gasteiger partial charge in [-0.15, -0.1) is 0 Å². The van der Waals surface area contributed by atoms with Gasteiger partial charge in [0, 0.05) is 12.1 Å². The van der Waals surface area contributed by atoms with Crippen LogP contribution in [0.1, 0.15) is 19.5 Å². The summed E-state index contributed by atoms with van der Waals surface area (Å²) < 4.78 is 1.42. The standard InChI is InChI=1S/C13H15N3O2/c1-8(2)12(17)15-11-9(3)14-10-6-4-5-7-16(10)13(11)18/h4-8H,1-3H3,(H,15,17). The molecule has 0 aliphatic rings. The summed E-state index contributed by atoms with van der Waals surface area (Å²) in [7, 11) is 0. The molecule has 0 aromatic carbocycles. The van der Waals surface area contributed by atoms with Gasteiger partial charge in [0.15, 0.2) is 0 Å². The smallest absolute Gasteiger partial charge is 0.281 e. The lowest BCUT2D eigenvalue weighted by atomic mass is 10.2. The number of nitrogens with one attached hydrogen (secondary N) is 1. The number of anilines is 1. The first-order valence-corrected chi connectivity index (χ1v) is 5.79. The first-order chi connectivity index (χ1) is 8.50. The molecule has 5 nitrogen and oxygen atoms in total. The second kappa shape index (κ2) is 4.60. The highest BCUT2D eigenvalue weighted by molar-refractivity contribution is 5.92. The van der Waals surface area contributed by atoms with Crippen LogP contribution in [0.15, 0.2) is 29.2 Å². The van der Waals surface area contributed by atoms with Gasteiger partial charge in [-0.05, 0) is 19.1 Å². The van der Waals surface area contributed by atoms with E-state index < -0.39 is 0 Å². The quantitative estimate of drug-likeness (QED) is 0.874. The van der Waals surface area contributed by atoms with Crippen LogP contribution < -0.4 is 10.9 Å². The summed E-state index contributed by atoms with van der Waals surface area (Å²) in [5.41, 5.74) is 1.09. The van der Waals surface area contributed by atoms with E-state index in [2.05, 4.69) is 10.3 Å². The van der Waals surface area contributed by atoms with Crippen LogP contribution in [0, 0.1) is 12.8 Å². The van der Waals surface area contributed by atoms with Crippen molar-refractivity contribution < 1.29 is 4.79 Å². The Morgan fingerprint density at radius 3 is 2.78 bits per heavy atom.